The molecule has 0 amide bonds. The minimum Gasteiger partial charge on any atom is -0.353 e. The summed E-state index contributed by atoms with van der Waals surface area (Å²) in [7, 11) is 3.80. The third kappa shape index (κ3) is 1.11. The van der Waals surface area contributed by atoms with Gasteiger partial charge in [-0.2, -0.15) is 0 Å². The predicted molar refractivity (Wildman–Crippen MR) is 33.1 cm³/mol. The van der Waals surface area contributed by atoms with Gasteiger partial charge in [-0.05, 0) is 22.8 Å². The van der Waals surface area contributed by atoms with Gasteiger partial charge in [0.1, 0.15) is 5.03 Å². The van der Waals surface area contributed by atoms with E-state index in [9.17, 15) is 4.21 Å². The van der Waals surface area contributed by atoms with E-state index in [1.807, 2.05) is 0 Å². The number of rotatable bonds is 1. The van der Waals surface area contributed by atoms with Crippen LogP contribution in [0.5, 0.6) is 0 Å². The highest BCUT2D eigenvalue weighted by molar-refractivity contribution is 8.08. The quantitative estimate of drug-likeness (QED) is 0.600. The molecule has 0 bridgehead atoms. The summed E-state index contributed by atoms with van der Waals surface area (Å²) in [5.74, 6) is 0. The number of hydrogen-bond acceptors (Lipinski definition) is 1. The Kier molecular flexibility index (Phi) is 1.70. The summed E-state index contributed by atoms with van der Waals surface area (Å²) in [5.41, 5.74) is 0. The zero-order valence-corrected chi connectivity index (χ0v) is 5.50. The zero-order chi connectivity index (χ0) is 5.98. The van der Waals surface area contributed by atoms with E-state index in [1.165, 1.54) is 0 Å². The molecule has 2 nitrogen and oxygen atoms in total. The Bertz CT molecular complexity index is 184. The first-order valence-electron chi connectivity index (χ1n) is 2.02. The Morgan fingerprint density at radius 1 is 1.75 bits per heavy atom. The van der Waals surface area contributed by atoms with E-state index >= 15 is 0 Å². The highest BCUT2D eigenvalue weighted by Crippen LogP contribution is 2.04. The van der Waals surface area contributed by atoms with Crippen molar-refractivity contribution < 1.29 is 4.21 Å². The van der Waals surface area contributed by atoms with Gasteiger partial charge in [0.25, 0.3) is 0 Å². The standard InChI is InChI=1S/C4H4ClNOS/c5-8(7)4-2-1-3-6-4/h1-3,6H. The van der Waals surface area contributed by atoms with Crippen molar-refractivity contribution in [2.24, 2.45) is 0 Å². The van der Waals surface area contributed by atoms with Crippen LogP contribution in [-0.4, -0.2) is 9.19 Å². The van der Waals surface area contributed by atoms with Gasteiger partial charge in [0, 0.05) is 6.20 Å². The third-order valence-electron chi connectivity index (χ3n) is 0.742. The van der Waals surface area contributed by atoms with Gasteiger partial charge in [-0.15, -0.1) is 0 Å². The van der Waals surface area contributed by atoms with Gasteiger partial charge < -0.3 is 4.98 Å². The first kappa shape index (κ1) is 5.85. The number of H-pyrrole nitrogens is 1. The van der Waals surface area contributed by atoms with Gasteiger partial charge >= 0.3 is 0 Å². The smallest absolute Gasteiger partial charge is 0.164 e. The minimum atomic E-state index is -1.38. The van der Waals surface area contributed by atoms with Crippen LogP contribution in [-0.2, 0) is 10.0 Å². The molecule has 4 heteroatoms. The Labute approximate surface area is 53.8 Å². The Morgan fingerprint density at radius 2 is 2.50 bits per heavy atom. The number of aromatic amines is 1. The van der Waals surface area contributed by atoms with Crippen LogP contribution in [0.15, 0.2) is 23.4 Å². The molecule has 1 unspecified atom stereocenters. The van der Waals surface area contributed by atoms with Crippen LogP contribution in [0.25, 0.3) is 0 Å². The molecular formula is C4H4ClNOS. The van der Waals surface area contributed by atoms with Crippen LogP contribution in [0.1, 0.15) is 0 Å². The van der Waals surface area contributed by atoms with Crippen LogP contribution >= 0.6 is 10.7 Å². The lowest BCUT2D eigenvalue weighted by Gasteiger charge is -1.80. The van der Waals surface area contributed by atoms with E-state index in [0.29, 0.717) is 5.03 Å². The first-order valence-corrected chi connectivity index (χ1v) is 4.00. The van der Waals surface area contributed by atoms with Crippen molar-refractivity contribution in [2.45, 2.75) is 5.03 Å². The van der Waals surface area contributed by atoms with E-state index in [-0.39, 0.29) is 0 Å². The molecule has 0 aliphatic heterocycles. The van der Waals surface area contributed by atoms with Gasteiger partial charge in [0.2, 0.25) is 0 Å². The summed E-state index contributed by atoms with van der Waals surface area (Å²) in [6.07, 6.45) is 1.68. The third-order valence-corrected chi connectivity index (χ3v) is 1.84. The Balaban J connectivity index is 2.93. The fraction of sp³-hybridized carbons (Fsp3) is 0. The van der Waals surface area contributed by atoms with Gasteiger partial charge in [-0.1, -0.05) is 0 Å². The lowest BCUT2D eigenvalue weighted by atomic mass is 10.7. The number of nitrogens with one attached hydrogen (secondary N) is 1. The fourth-order valence-electron chi connectivity index (χ4n) is 0.414. The van der Waals surface area contributed by atoms with Crippen molar-refractivity contribution in [3.8, 4) is 0 Å². The second kappa shape index (κ2) is 2.33. The second-order valence-corrected chi connectivity index (χ2v) is 2.99. The van der Waals surface area contributed by atoms with E-state index in [1.54, 1.807) is 18.3 Å². The Morgan fingerprint density at radius 3 is 2.75 bits per heavy atom. The van der Waals surface area contributed by atoms with Crippen molar-refractivity contribution in [3.05, 3.63) is 18.3 Å². The van der Waals surface area contributed by atoms with E-state index in [4.69, 9.17) is 10.7 Å². The van der Waals surface area contributed by atoms with E-state index in [2.05, 4.69) is 4.98 Å². The van der Waals surface area contributed by atoms with Crippen LogP contribution in [0.3, 0.4) is 0 Å². The summed E-state index contributed by atoms with van der Waals surface area (Å²) in [6, 6.07) is 3.42. The molecule has 0 radical (unpaired) electrons. The van der Waals surface area contributed by atoms with Gasteiger partial charge in [-0.3, -0.25) is 0 Å². The van der Waals surface area contributed by atoms with Crippen LogP contribution in [0.2, 0.25) is 0 Å². The van der Waals surface area contributed by atoms with Gasteiger partial charge in [-0.25, -0.2) is 4.21 Å². The first-order chi connectivity index (χ1) is 3.80. The molecular weight excluding hydrogens is 146 g/mol. The fourth-order valence-corrected chi connectivity index (χ4v) is 1.05. The molecule has 1 aromatic heterocycles. The molecule has 1 aromatic rings. The van der Waals surface area contributed by atoms with Crippen LogP contribution < -0.4 is 0 Å². The number of aromatic nitrogens is 1. The second-order valence-electron chi connectivity index (χ2n) is 1.26. The molecule has 1 atom stereocenters. The normalized spacial score (nSPS) is 13.6. The van der Waals surface area contributed by atoms with E-state index < -0.39 is 10.0 Å². The average molecular weight is 150 g/mol. The predicted octanol–water partition coefficient (Wildman–Crippen LogP) is 1.28. The lowest BCUT2D eigenvalue weighted by Crippen LogP contribution is -1.76. The molecule has 1 N–H and O–H groups in total. The summed E-state index contributed by atoms with van der Waals surface area (Å²) in [6.45, 7) is 0. The lowest BCUT2D eigenvalue weighted by molar-refractivity contribution is 0.689. The van der Waals surface area contributed by atoms with Crippen LogP contribution in [0, 0.1) is 0 Å². The maximum absolute atomic E-state index is 10.4. The van der Waals surface area contributed by atoms with E-state index in [0.717, 1.165) is 0 Å². The SMILES string of the molecule is O=S(Cl)c1ccc[nH]1. The average Bonchev–Trinajstić information content (AvgIpc) is 2.12. The largest absolute Gasteiger partial charge is 0.353 e. The van der Waals surface area contributed by atoms with Crippen molar-refractivity contribution in [1.82, 2.24) is 4.98 Å². The molecule has 0 fully saturated rings. The topological polar surface area (TPSA) is 32.9 Å². The summed E-state index contributed by atoms with van der Waals surface area (Å²) in [4.78, 5) is 2.70. The molecule has 0 aromatic carbocycles. The van der Waals surface area contributed by atoms with Crippen molar-refractivity contribution >= 4 is 20.7 Å². The monoisotopic (exact) mass is 149 g/mol. The maximum Gasteiger partial charge on any atom is 0.164 e. The van der Waals surface area contributed by atoms with Crippen LogP contribution in [0.4, 0.5) is 0 Å². The van der Waals surface area contributed by atoms with Gasteiger partial charge in [0.05, 0.1) is 0 Å². The number of hydrogen-bond donors (Lipinski definition) is 1. The molecule has 0 saturated heterocycles. The highest BCUT2D eigenvalue weighted by Gasteiger charge is 1.95. The maximum atomic E-state index is 10.4. The summed E-state index contributed by atoms with van der Waals surface area (Å²) < 4.78 is 10.4. The number of halogens is 1. The highest BCUT2D eigenvalue weighted by atomic mass is 35.7. The molecule has 0 aliphatic carbocycles. The van der Waals surface area contributed by atoms with Crippen molar-refractivity contribution in [3.63, 3.8) is 0 Å². The van der Waals surface area contributed by atoms with Crippen molar-refractivity contribution in [1.29, 1.82) is 0 Å². The molecule has 0 spiro atoms. The zero-order valence-electron chi connectivity index (χ0n) is 3.93. The molecule has 0 saturated carbocycles. The molecule has 44 valence electrons. The molecule has 1 heterocycles. The van der Waals surface area contributed by atoms with Crippen molar-refractivity contribution in [2.75, 3.05) is 0 Å². The molecule has 1 rings (SSSR count). The van der Waals surface area contributed by atoms with Gasteiger partial charge in [0.15, 0.2) is 10.0 Å². The summed E-state index contributed by atoms with van der Waals surface area (Å²) >= 11 is 0. The molecule has 0 aliphatic rings. The minimum absolute atomic E-state index is 0.548. The Hall–Kier alpha value is -0.280. The molecule has 8 heavy (non-hydrogen) atoms. The summed E-state index contributed by atoms with van der Waals surface area (Å²) in [5, 5.41) is 0.548.